The molecule has 1 aliphatic heterocycles. The molecule has 1 aliphatic carbocycles. The maximum absolute atomic E-state index is 12.2. The molecule has 1 aromatic heterocycles. The summed E-state index contributed by atoms with van der Waals surface area (Å²) in [4.78, 5) is 31.7. The van der Waals surface area contributed by atoms with Crippen molar-refractivity contribution in [1.82, 2.24) is 14.8 Å². The summed E-state index contributed by atoms with van der Waals surface area (Å²) in [6, 6.07) is 3.16. The third-order valence-corrected chi connectivity index (χ3v) is 4.90. The SMILES string of the molecule is O=C(O)c1cccnc1NCCN1CCN(C(=O)C2CCC2)CC1. The summed E-state index contributed by atoms with van der Waals surface area (Å²) in [6.45, 7) is 4.76. The van der Waals surface area contributed by atoms with E-state index in [0.717, 1.165) is 45.6 Å². The zero-order valence-corrected chi connectivity index (χ0v) is 13.8. The minimum atomic E-state index is -0.978. The van der Waals surface area contributed by atoms with E-state index in [1.807, 2.05) is 4.90 Å². The van der Waals surface area contributed by atoms with Crippen molar-refractivity contribution in [2.75, 3.05) is 44.6 Å². The molecular formula is C17H24N4O3. The molecule has 0 radical (unpaired) electrons. The lowest BCUT2D eigenvalue weighted by Crippen LogP contribution is -2.51. The number of anilines is 1. The summed E-state index contributed by atoms with van der Waals surface area (Å²) in [5.74, 6) is 0.0351. The lowest BCUT2D eigenvalue weighted by Gasteiger charge is -2.38. The number of nitrogens with zero attached hydrogens (tertiary/aromatic N) is 3. The number of aromatic nitrogens is 1. The molecule has 2 N–H and O–H groups in total. The molecule has 1 amide bonds. The van der Waals surface area contributed by atoms with Crippen molar-refractivity contribution in [3.8, 4) is 0 Å². The lowest BCUT2D eigenvalue weighted by atomic mass is 9.84. The van der Waals surface area contributed by atoms with Gasteiger partial charge < -0.3 is 15.3 Å². The van der Waals surface area contributed by atoms with Crippen LogP contribution >= 0.6 is 0 Å². The van der Waals surface area contributed by atoms with Crippen LogP contribution in [0.25, 0.3) is 0 Å². The molecule has 0 unspecified atom stereocenters. The molecule has 2 aliphatic rings. The van der Waals surface area contributed by atoms with Crippen LogP contribution in [0.4, 0.5) is 5.82 Å². The van der Waals surface area contributed by atoms with Crippen LogP contribution in [0.1, 0.15) is 29.6 Å². The van der Waals surface area contributed by atoms with Crippen molar-refractivity contribution in [1.29, 1.82) is 0 Å². The number of carbonyl (C=O) groups excluding carboxylic acids is 1. The van der Waals surface area contributed by atoms with Crippen molar-refractivity contribution in [3.63, 3.8) is 0 Å². The van der Waals surface area contributed by atoms with E-state index in [9.17, 15) is 9.59 Å². The Morgan fingerprint density at radius 1 is 1.25 bits per heavy atom. The molecule has 7 heteroatoms. The van der Waals surface area contributed by atoms with Gasteiger partial charge in [-0.25, -0.2) is 9.78 Å². The Balaban J connectivity index is 1.41. The van der Waals surface area contributed by atoms with Crippen molar-refractivity contribution < 1.29 is 14.7 Å². The summed E-state index contributed by atoms with van der Waals surface area (Å²) in [5, 5.41) is 12.2. The first-order chi connectivity index (χ1) is 11.6. The van der Waals surface area contributed by atoms with Crippen LogP contribution in [0.3, 0.4) is 0 Å². The van der Waals surface area contributed by atoms with Crippen molar-refractivity contribution in [2.45, 2.75) is 19.3 Å². The molecule has 7 nitrogen and oxygen atoms in total. The van der Waals surface area contributed by atoms with Gasteiger partial charge in [-0.1, -0.05) is 6.42 Å². The summed E-state index contributed by atoms with van der Waals surface area (Å²) in [6.07, 6.45) is 4.88. The highest BCUT2D eigenvalue weighted by atomic mass is 16.4. The third kappa shape index (κ3) is 3.84. The number of carboxylic acids is 1. The zero-order valence-electron chi connectivity index (χ0n) is 13.8. The largest absolute Gasteiger partial charge is 0.478 e. The van der Waals surface area contributed by atoms with Crippen molar-refractivity contribution in [3.05, 3.63) is 23.9 Å². The molecule has 3 rings (SSSR count). The topological polar surface area (TPSA) is 85.8 Å². The van der Waals surface area contributed by atoms with E-state index < -0.39 is 5.97 Å². The molecule has 24 heavy (non-hydrogen) atoms. The number of hydrogen-bond donors (Lipinski definition) is 2. The zero-order chi connectivity index (χ0) is 16.9. The van der Waals surface area contributed by atoms with Crippen LogP contribution < -0.4 is 5.32 Å². The second-order valence-electron chi connectivity index (χ2n) is 6.43. The number of carbonyl (C=O) groups is 2. The Morgan fingerprint density at radius 3 is 2.62 bits per heavy atom. The average molecular weight is 332 g/mol. The van der Waals surface area contributed by atoms with Gasteiger partial charge in [0.2, 0.25) is 5.91 Å². The van der Waals surface area contributed by atoms with Gasteiger partial charge in [0.15, 0.2) is 0 Å². The van der Waals surface area contributed by atoms with Crippen molar-refractivity contribution in [2.24, 2.45) is 5.92 Å². The van der Waals surface area contributed by atoms with Gasteiger partial charge in [0, 0.05) is 51.4 Å². The van der Waals surface area contributed by atoms with Gasteiger partial charge in [0.25, 0.3) is 0 Å². The average Bonchev–Trinajstić information content (AvgIpc) is 2.54. The van der Waals surface area contributed by atoms with Crippen LogP contribution in [0.5, 0.6) is 0 Å². The molecule has 2 heterocycles. The van der Waals surface area contributed by atoms with Gasteiger partial charge in [-0.3, -0.25) is 9.69 Å². The summed E-state index contributed by atoms with van der Waals surface area (Å²) in [5.41, 5.74) is 0.188. The second kappa shape index (κ2) is 7.61. The van der Waals surface area contributed by atoms with Gasteiger partial charge in [0.1, 0.15) is 11.4 Å². The quantitative estimate of drug-likeness (QED) is 0.812. The Bertz CT molecular complexity index is 595. The molecule has 130 valence electrons. The summed E-state index contributed by atoms with van der Waals surface area (Å²) < 4.78 is 0. The first-order valence-corrected chi connectivity index (χ1v) is 8.58. The number of amides is 1. The molecule has 1 saturated heterocycles. The van der Waals surface area contributed by atoms with E-state index in [2.05, 4.69) is 15.2 Å². The fourth-order valence-electron chi connectivity index (χ4n) is 3.16. The third-order valence-electron chi connectivity index (χ3n) is 4.90. The Kier molecular flexibility index (Phi) is 5.30. The van der Waals surface area contributed by atoms with Gasteiger partial charge >= 0.3 is 5.97 Å². The molecule has 2 fully saturated rings. The highest BCUT2D eigenvalue weighted by molar-refractivity contribution is 5.92. The number of rotatable bonds is 6. The summed E-state index contributed by atoms with van der Waals surface area (Å²) in [7, 11) is 0. The first-order valence-electron chi connectivity index (χ1n) is 8.58. The number of pyridine rings is 1. The fourth-order valence-corrected chi connectivity index (χ4v) is 3.16. The number of aromatic carboxylic acids is 1. The van der Waals surface area contributed by atoms with Gasteiger partial charge in [-0.15, -0.1) is 0 Å². The van der Waals surface area contributed by atoms with Gasteiger partial charge in [0.05, 0.1) is 0 Å². The Hall–Kier alpha value is -2.15. The highest BCUT2D eigenvalue weighted by Gasteiger charge is 2.30. The Morgan fingerprint density at radius 2 is 2.00 bits per heavy atom. The number of nitrogens with one attached hydrogen (secondary N) is 1. The molecule has 1 saturated carbocycles. The van der Waals surface area contributed by atoms with Gasteiger partial charge in [-0.2, -0.15) is 0 Å². The van der Waals surface area contributed by atoms with Crippen LogP contribution in [0.15, 0.2) is 18.3 Å². The predicted octanol–water partition coefficient (Wildman–Crippen LogP) is 1.14. The van der Waals surface area contributed by atoms with E-state index in [4.69, 9.17) is 5.11 Å². The predicted molar refractivity (Wildman–Crippen MR) is 90.0 cm³/mol. The highest BCUT2D eigenvalue weighted by Crippen LogP contribution is 2.28. The lowest BCUT2D eigenvalue weighted by molar-refractivity contribution is -0.139. The smallest absolute Gasteiger partial charge is 0.339 e. The molecule has 0 bridgehead atoms. The monoisotopic (exact) mass is 332 g/mol. The number of carboxylic acid groups (broad SMARTS) is 1. The molecule has 0 atom stereocenters. The van der Waals surface area contributed by atoms with Crippen LogP contribution in [0.2, 0.25) is 0 Å². The number of piperazine rings is 1. The van der Waals surface area contributed by atoms with Crippen LogP contribution in [-0.4, -0.2) is 71.0 Å². The minimum absolute atomic E-state index is 0.188. The Labute approximate surface area is 141 Å². The molecular weight excluding hydrogens is 308 g/mol. The van der Waals surface area contributed by atoms with E-state index in [1.165, 1.54) is 6.42 Å². The summed E-state index contributed by atoms with van der Waals surface area (Å²) >= 11 is 0. The maximum Gasteiger partial charge on any atom is 0.339 e. The molecule has 0 aromatic carbocycles. The van der Waals surface area contributed by atoms with Crippen LogP contribution in [-0.2, 0) is 4.79 Å². The molecule has 0 spiro atoms. The van der Waals surface area contributed by atoms with E-state index >= 15 is 0 Å². The fraction of sp³-hybridized carbons (Fsp3) is 0.588. The van der Waals surface area contributed by atoms with E-state index in [-0.39, 0.29) is 11.5 Å². The molecule has 1 aromatic rings. The van der Waals surface area contributed by atoms with Gasteiger partial charge in [-0.05, 0) is 25.0 Å². The first kappa shape index (κ1) is 16.7. The van der Waals surface area contributed by atoms with E-state index in [0.29, 0.717) is 18.3 Å². The van der Waals surface area contributed by atoms with Crippen LogP contribution in [0, 0.1) is 5.92 Å². The standard InChI is InChI=1S/C17H24N4O3/c22-16(13-3-1-4-13)21-11-9-20(10-12-21)8-7-19-15-14(17(23)24)5-2-6-18-15/h2,5-6,13H,1,3-4,7-12H2,(H,18,19)(H,23,24). The minimum Gasteiger partial charge on any atom is -0.478 e. The van der Waals surface area contributed by atoms with Crippen molar-refractivity contribution >= 4 is 17.7 Å². The maximum atomic E-state index is 12.2. The second-order valence-corrected chi connectivity index (χ2v) is 6.43. The number of hydrogen-bond acceptors (Lipinski definition) is 5. The normalized spacial score (nSPS) is 18.9. The van der Waals surface area contributed by atoms with E-state index in [1.54, 1.807) is 18.3 Å².